The SMILES string of the molecule is O=C(CC1SC(=NC23CC4CC(CC(C4)C2)C3)NC1=O)NC1CCCCC1. The van der Waals surface area contributed by atoms with Gasteiger partial charge in [-0.3, -0.25) is 14.6 Å². The van der Waals surface area contributed by atoms with Crippen LogP contribution in [0.5, 0.6) is 0 Å². The molecule has 2 amide bonds. The third-order valence-electron chi connectivity index (χ3n) is 7.46. The molecule has 1 saturated heterocycles. The minimum absolute atomic E-state index is 0.0191. The molecule has 6 rings (SSSR count). The van der Waals surface area contributed by atoms with Crippen molar-refractivity contribution in [3.8, 4) is 0 Å². The van der Waals surface area contributed by atoms with Crippen LogP contribution in [-0.2, 0) is 9.59 Å². The molecule has 0 aromatic heterocycles. The van der Waals surface area contributed by atoms with E-state index >= 15 is 0 Å². The number of hydrogen-bond acceptors (Lipinski definition) is 4. The van der Waals surface area contributed by atoms with Gasteiger partial charge in [-0.2, -0.15) is 0 Å². The van der Waals surface area contributed by atoms with Gasteiger partial charge in [0.25, 0.3) is 0 Å². The Labute approximate surface area is 165 Å². The molecule has 148 valence electrons. The van der Waals surface area contributed by atoms with Gasteiger partial charge in [-0.25, -0.2) is 0 Å². The highest BCUT2D eigenvalue weighted by Crippen LogP contribution is 2.57. The molecule has 4 bridgehead atoms. The number of nitrogens with one attached hydrogen (secondary N) is 2. The number of hydrogen-bond donors (Lipinski definition) is 2. The molecule has 5 saturated carbocycles. The molecule has 1 atom stereocenters. The molecule has 0 spiro atoms. The van der Waals surface area contributed by atoms with E-state index < -0.39 is 0 Å². The average Bonchev–Trinajstić information content (AvgIpc) is 2.92. The Bertz CT molecular complexity index is 621. The number of carbonyl (C=O) groups is 2. The zero-order chi connectivity index (χ0) is 18.4. The molecule has 0 aromatic rings. The minimum atomic E-state index is -0.318. The minimum Gasteiger partial charge on any atom is -0.353 e. The quantitative estimate of drug-likeness (QED) is 0.774. The van der Waals surface area contributed by atoms with Gasteiger partial charge in [0.15, 0.2) is 5.17 Å². The zero-order valence-electron chi connectivity index (χ0n) is 16.0. The Morgan fingerprint density at radius 1 is 1.07 bits per heavy atom. The number of thioether (sulfide) groups is 1. The van der Waals surface area contributed by atoms with Crippen LogP contribution in [0.2, 0.25) is 0 Å². The molecule has 1 aliphatic heterocycles. The molecule has 6 aliphatic rings. The van der Waals surface area contributed by atoms with Crippen molar-refractivity contribution < 1.29 is 9.59 Å². The van der Waals surface area contributed by atoms with Crippen molar-refractivity contribution in [1.82, 2.24) is 10.6 Å². The third kappa shape index (κ3) is 3.79. The summed E-state index contributed by atoms with van der Waals surface area (Å²) in [5.41, 5.74) is 0.0730. The van der Waals surface area contributed by atoms with E-state index in [1.807, 2.05) is 0 Å². The van der Waals surface area contributed by atoms with E-state index in [0.717, 1.165) is 35.8 Å². The highest BCUT2D eigenvalue weighted by Gasteiger charge is 2.51. The maximum absolute atomic E-state index is 12.4. The van der Waals surface area contributed by atoms with Crippen molar-refractivity contribution in [2.24, 2.45) is 22.7 Å². The van der Waals surface area contributed by atoms with Gasteiger partial charge in [0.2, 0.25) is 11.8 Å². The molecule has 5 nitrogen and oxygen atoms in total. The highest BCUT2D eigenvalue weighted by atomic mass is 32.2. The molecule has 0 radical (unpaired) electrons. The smallest absolute Gasteiger partial charge is 0.240 e. The number of amides is 2. The molecule has 1 unspecified atom stereocenters. The Balaban J connectivity index is 1.20. The van der Waals surface area contributed by atoms with Crippen molar-refractivity contribution in [3.63, 3.8) is 0 Å². The number of nitrogens with zero attached hydrogens (tertiary/aromatic N) is 1. The lowest BCUT2D eigenvalue weighted by molar-refractivity contribution is -0.125. The number of carbonyl (C=O) groups excluding carboxylic acids is 2. The lowest BCUT2D eigenvalue weighted by Gasteiger charge is -2.55. The molecule has 6 fully saturated rings. The lowest BCUT2D eigenvalue weighted by atomic mass is 9.53. The molecular weight excluding hydrogens is 358 g/mol. The summed E-state index contributed by atoms with van der Waals surface area (Å²) in [6, 6.07) is 0.306. The van der Waals surface area contributed by atoms with Crippen LogP contribution in [0.4, 0.5) is 0 Å². The predicted octanol–water partition coefficient (Wildman–Crippen LogP) is 3.38. The van der Waals surface area contributed by atoms with Crippen LogP contribution in [0, 0.1) is 17.8 Å². The van der Waals surface area contributed by atoms with E-state index in [4.69, 9.17) is 4.99 Å². The standard InChI is InChI=1S/C21H31N3O2S/c25-18(22-16-4-2-1-3-5-16)9-17-19(26)23-20(27-17)24-21-10-13-6-14(11-21)8-15(7-13)12-21/h13-17H,1-12H2,(H,22,25)(H,23,24,26). The maximum atomic E-state index is 12.4. The topological polar surface area (TPSA) is 70.6 Å². The van der Waals surface area contributed by atoms with Crippen LogP contribution >= 0.6 is 11.8 Å². The van der Waals surface area contributed by atoms with Crippen molar-refractivity contribution in [2.45, 2.75) is 93.9 Å². The summed E-state index contributed by atoms with van der Waals surface area (Å²) in [5.74, 6) is 2.52. The first-order valence-corrected chi connectivity index (χ1v) is 11.8. The Morgan fingerprint density at radius 2 is 1.70 bits per heavy atom. The van der Waals surface area contributed by atoms with Crippen molar-refractivity contribution in [1.29, 1.82) is 0 Å². The Hall–Kier alpha value is -1.04. The van der Waals surface area contributed by atoms with Crippen LogP contribution in [-0.4, -0.2) is 33.8 Å². The summed E-state index contributed by atoms with van der Waals surface area (Å²) >= 11 is 1.49. The van der Waals surface area contributed by atoms with E-state index in [1.54, 1.807) is 0 Å². The monoisotopic (exact) mass is 389 g/mol. The second-order valence-corrected chi connectivity index (χ2v) is 11.0. The molecule has 5 aliphatic carbocycles. The van der Waals surface area contributed by atoms with Gasteiger partial charge in [-0.1, -0.05) is 31.0 Å². The van der Waals surface area contributed by atoms with Gasteiger partial charge in [0.05, 0.1) is 5.54 Å². The van der Waals surface area contributed by atoms with Crippen LogP contribution < -0.4 is 10.6 Å². The van der Waals surface area contributed by atoms with Gasteiger partial charge in [-0.15, -0.1) is 0 Å². The summed E-state index contributed by atoms with van der Waals surface area (Å²) in [6.45, 7) is 0. The fraction of sp³-hybridized carbons (Fsp3) is 0.857. The molecule has 1 heterocycles. The van der Waals surface area contributed by atoms with Crippen molar-refractivity contribution in [3.05, 3.63) is 0 Å². The molecule has 6 heteroatoms. The number of amidine groups is 1. The molecule has 27 heavy (non-hydrogen) atoms. The first-order valence-electron chi connectivity index (χ1n) is 10.9. The first-order chi connectivity index (χ1) is 13.1. The van der Waals surface area contributed by atoms with Gasteiger partial charge in [-0.05, 0) is 69.1 Å². The predicted molar refractivity (Wildman–Crippen MR) is 107 cm³/mol. The third-order valence-corrected chi connectivity index (χ3v) is 8.54. The second kappa shape index (κ2) is 7.09. The van der Waals surface area contributed by atoms with E-state index in [-0.39, 0.29) is 29.0 Å². The number of aliphatic imine (C=N–C) groups is 1. The van der Waals surface area contributed by atoms with Crippen LogP contribution in [0.1, 0.15) is 77.0 Å². The summed E-state index contributed by atoms with van der Waals surface area (Å²) in [4.78, 5) is 29.9. The van der Waals surface area contributed by atoms with E-state index in [9.17, 15) is 9.59 Å². The van der Waals surface area contributed by atoms with Gasteiger partial charge in [0, 0.05) is 12.5 Å². The molecule has 2 N–H and O–H groups in total. The van der Waals surface area contributed by atoms with Crippen molar-refractivity contribution in [2.75, 3.05) is 0 Å². The second-order valence-electron chi connectivity index (χ2n) is 9.76. The van der Waals surface area contributed by atoms with E-state index in [0.29, 0.717) is 6.04 Å². The summed E-state index contributed by atoms with van der Waals surface area (Å²) in [7, 11) is 0. The first kappa shape index (κ1) is 18.0. The highest BCUT2D eigenvalue weighted by molar-refractivity contribution is 8.15. The van der Waals surface area contributed by atoms with Gasteiger partial charge in [0.1, 0.15) is 5.25 Å². The zero-order valence-corrected chi connectivity index (χ0v) is 16.9. The molecular formula is C21H31N3O2S. The maximum Gasteiger partial charge on any atom is 0.240 e. The summed E-state index contributed by atoms with van der Waals surface area (Å²) in [6.07, 6.45) is 13.9. The van der Waals surface area contributed by atoms with Crippen LogP contribution in [0.3, 0.4) is 0 Å². The fourth-order valence-corrected chi connectivity index (χ4v) is 7.79. The van der Waals surface area contributed by atoms with Crippen LogP contribution in [0.25, 0.3) is 0 Å². The van der Waals surface area contributed by atoms with Crippen molar-refractivity contribution >= 4 is 28.7 Å². The Kier molecular flexibility index (Phi) is 4.73. The summed E-state index contributed by atoms with van der Waals surface area (Å²) < 4.78 is 0. The van der Waals surface area contributed by atoms with Crippen LogP contribution in [0.15, 0.2) is 4.99 Å². The lowest BCUT2D eigenvalue weighted by Crippen LogP contribution is -2.50. The summed E-state index contributed by atoms with van der Waals surface area (Å²) in [5, 5.41) is 6.57. The van der Waals surface area contributed by atoms with E-state index in [2.05, 4.69) is 10.6 Å². The van der Waals surface area contributed by atoms with Gasteiger partial charge >= 0.3 is 0 Å². The Morgan fingerprint density at radius 3 is 2.33 bits per heavy atom. The van der Waals surface area contributed by atoms with E-state index in [1.165, 1.54) is 69.5 Å². The largest absolute Gasteiger partial charge is 0.353 e. The average molecular weight is 390 g/mol. The van der Waals surface area contributed by atoms with Gasteiger partial charge < -0.3 is 10.6 Å². The fourth-order valence-electron chi connectivity index (χ4n) is 6.71. The number of rotatable bonds is 4. The molecule has 0 aromatic carbocycles. The normalized spacial score (nSPS) is 42.5.